The number of hydrogen-bond donors (Lipinski definition) is 4. The van der Waals surface area contributed by atoms with Gasteiger partial charge in [0.2, 0.25) is 5.91 Å². The van der Waals surface area contributed by atoms with E-state index in [1.165, 1.54) is 19.3 Å². The molecule has 0 aromatic carbocycles. The van der Waals surface area contributed by atoms with Crippen LogP contribution in [0.2, 0.25) is 0 Å². The fourth-order valence-corrected chi connectivity index (χ4v) is 11.5. The Morgan fingerprint density at radius 3 is 2.40 bits per heavy atom. The molecule has 304 valence electrons. The molecule has 1 amide bonds. The number of epoxide rings is 1. The Bertz CT molecular complexity index is 1660. The van der Waals surface area contributed by atoms with Gasteiger partial charge in [-0.3, -0.25) is 19.4 Å². The van der Waals surface area contributed by atoms with Gasteiger partial charge >= 0.3 is 23.5 Å². The number of carboxylic acid groups (broad SMARTS) is 1. The van der Waals surface area contributed by atoms with E-state index in [0.29, 0.717) is 43.6 Å². The quantitative estimate of drug-likeness (QED) is 0.0556. The number of guanidine groups is 1. The number of carbonyl (C=O) groups excluding carboxylic acids is 3. The van der Waals surface area contributed by atoms with Crippen LogP contribution in [0.5, 0.6) is 0 Å². The van der Waals surface area contributed by atoms with Gasteiger partial charge in [-0.2, -0.15) is 0 Å². The van der Waals surface area contributed by atoms with E-state index in [1.54, 1.807) is 0 Å². The van der Waals surface area contributed by atoms with Crippen molar-refractivity contribution in [3.8, 4) is 0 Å². The Morgan fingerprint density at radius 2 is 1.71 bits per heavy atom. The number of nitrogens with two attached hydrogens (primary N) is 2. The second kappa shape index (κ2) is 16.7. The summed E-state index contributed by atoms with van der Waals surface area (Å²) < 4.78 is 24.1. The Kier molecular flexibility index (Phi) is 12.3. The molecule has 0 bridgehead atoms. The van der Waals surface area contributed by atoms with Crippen LogP contribution < -0.4 is 22.4 Å². The average molecular weight is 769 g/mol. The van der Waals surface area contributed by atoms with Gasteiger partial charge < -0.3 is 40.5 Å². The minimum atomic E-state index is -1.08. The smallest absolute Gasteiger partial charge is 0.335 e. The molecule has 4 saturated carbocycles. The molecule has 14 nitrogen and oxygen atoms in total. The minimum Gasteiger partial charge on any atom is -0.480 e. The monoisotopic (exact) mass is 768 g/mol. The van der Waals surface area contributed by atoms with E-state index in [-0.39, 0.29) is 71.2 Å². The van der Waals surface area contributed by atoms with Crippen molar-refractivity contribution in [2.45, 2.75) is 159 Å². The van der Waals surface area contributed by atoms with Crippen LogP contribution in [0.1, 0.15) is 135 Å². The number of ether oxygens (including phenoxy) is 3. The van der Waals surface area contributed by atoms with Crippen LogP contribution in [0.4, 0.5) is 0 Å². The van der Waals surface area contributed by atoms with Crippen LogP contribution in [0, 0.1) is 28.6 Å². The number of nitrogens with one attached hydrogen (secondary N) is 1. The maximum absolute atomic E-state index is 12.9. The number of aliphatic imine (C=N–C) groups is 1. The third-order valence-corrected chi connectivity index (χ3v) is 14.1. The van der Waals surface area contributed by atoms with Gasteiger partial charge in [0.25, 0.3) is 0 Å². The normalized spacial score (nSPS) is 34.8. The van der Waals surface area contributed by atoms with Crippen molar-refractivity contribution >= 4 is 29.8 Å². The maximum atomic E-state index is 12.9. The minimum absolute atomic E-state index is 0.0510. The summed E-state index contributed by atoms with van der Waals surface area (Å²) in [5.74, 6) is -0.777. The molecule has 6 rings (SSSR count). The molecular weight excluding hydrogens is 708 g/mol. The molecule has 1 aliphatic heterocycles. The van der Waals surface area contributed by atoms with Gasteiger partial charge in [-0.15, -0.1) is 0 Å². The SMILES string of the molecule is CC(=O)O[C@H]1[C@H]2O[C@]23[C@@H]2CC[C@@H]4C[C@@H](OC(=O)CCCCCCCC(=O)N[C@@H](CCCN=C(N)N)C(=O)O)CC[C@]4(C)[C@H]2CC[C@]3(C)[C@H]1c1ccc(=O)oc1. The Balaban J connectivity index is 0.931. The summed E-state index contributed by atoms with van der Waals surface area (Å²) in [7, 11) is 0. The number of hydrogen-bond acceptors (Lipinski definition) is 10. The summed E-state index contributed by atoms with van der Waals surface area (Å²) in [5.41, 5.74) is 10.5. The third-order valence-electron chi connectivity index (χ3n) is 14.1. The topological polar surface area (TPSA) is 226 Å². The molecule has 5 aliphatic rings. The van der Waals surface area contributed by atoms with E-state index in [2.05, 4.69) is 24.2 Å². The number of aliphatic carboxylic acids is 1. The van der Waals surface area contributed by atoms with Gasteiger partial charge in [-0.05, 0) is 105 Å². The van der Waals surface area contributed by atoms with Gasteiger partial charge in [0.1, 0.15) is 30.0 Å². The van der Waals surface area contributed by atoms with Crippen LogP contribution in [-0.2, 0) is 33.4 Å². The zero-order valence-corrected chi connectivity index (χ0v) is 32.6. The fourth-order valence-electron chi connectivity index (χ4n) is 11.5. The lowest BCUT2D eigenvalue weighted by Gasteiger charge is -2.61. The first kappa shape index (κ1) is 40.7. The van der Waals surface area contributed by atoms with E-state index in [1.807, 2.05) is 6.07 Å². The molecule has 6 N–H and O–H groups in total. The van der Waals surface area contributed by atoms with Crippen LogP contribution in [0.15, 0.2) is 32.6 Å². The van der Waals surface area contributed by atoms with Crippen LogP contribution in [0.3, 0.4) is 0 Å². The zero-order chi connectivity index (χ0) is 39.5. The van der Waals surface area contributed by atoms with Crippen molar-refractivity contribution in [3.63, 3.8) is 0 Å². The van der Waals surface area contributed by atoms with Crippen molar-refractivity contribution in [2.24, 2.45) is 45.0 Å². The van der Waals surface area contributed by atoms with Crippen LogP contribution >= 0.6 is 0 Å². The maximum Gasteiger partial charge on any atom is 0.335 e. The van der Waals surface area contributed by atoms with Crippen molar-refractivity contribution in [2.75, 3.05) is 6.54 Å². The molecule has 55 heavy (non-hydrogen) atoms. The Morgan fingerprint density at radius 1 is 0.964 bits per heavy atom. The molecule has 11 atom stereocenters. The van der Waals surface area contributed by atoms with Gasteiger partial charge in [-0.1, -0.05) is 33.1 Å². The Labute approximate surface area is 322 Å². The van der Waals surface area contributed by atoms with Crippen LogP contribution in [0.25, 0.3) is 0 Å². The van der Waals surface area contributed by atoms with Crippen molar-refractivity contribution in [3.05, 3.63) is 34.4 Å². The van der Waals surface area contributed by atoms with E-state index in [0.717, 1.165) is 76.2 Å². The molecule has 0 radical (unpaired) electrons. The molecule has 0 unspecified atom stereocenters. The van der Waals surface area contributed by atoms with Crippen molar-refractivity contribution in [1.29, 1.82) is 0 Å². The van der Waals surface area contributed by atoms with E-state index in [4.69, 9.17) is 30.1 Å². The first-order valence-corrected chi connectivity index (χ1v) is 20.4. The highest BCUT2D eigenvalue weighted by molar-refractivity contribution is 5.83. The van der Waals surface area contributed by atoms with E-state index < -0.39 is 23.7 Å². The first-order chi connectivity index (χ1) is 26.2. The predicted molar refractivity (Wildman–Crippen MR) is 202 cm³/mol. The lowest BCUT2D eigenvalue weighted by molar-refractivity contribution is -0.168. The van der Waals surface area contributed by atoms with Crippen LogP contribution in [-0.4, -0.2) is 71.4 Å². The van der Waals surface area contributed by atoms with E-state index >= 15 is 0 Å². The number of carbonyl (C=O) groups is 4. The largest absolute Gasteiger partial charge is 0.480 e. The lowest BCUT2D eigenvalue weighted by atomic mass is 9.44. The predicted octanol–water partition coefficient (Wildman–Crippen LogP) is 4.70. The summed E-state index contributed by atoms with van der Waals surface area (Å²) in [6, 6.07) is 2.29. The molecular formula is C41H60N4O10. The number of amides is 1. The van der Waals surface area contributed by atoms with Gasteiger partial charge in [-0.25, -0.2) is 9.59 Å². The zero-order valence-electron chi connectivity index (χ0n) is 32.6. The number of rotatable bonds is 17. The summed E-state index contributed by atoms with van der Waals surface area (Å²) >= 11 is 0. The van der Waals surface area contributed by atoms with E-state index in [9.17, 15) is 29.1 Å². The second-order valence-electron chi connectivity index (χ2n) is 17.3. The third kappa shape index (κ3) is 8.30. The highest BCUT2D eigenvalue weighted by Crippen LogP contribution is 2.78. The molecule has 2 heterocycles. The van der Waals surface area contributed by atoms with Crippen molar-refractivity contribution < 1.29 is 42.9 Å². The fraction of sp³-hybridized carbons (Fsp3) is 0.756. The Hall–Kier alpha value is -3.94. The lowest BCUT2D eigenvalue weighted by Crippen LogP contribution is -2.58. The summed E-state index contributed by atoms with van der Waals surface area (Å²) in [6.45, 7) is 6.47. The number of esters is 2. The molecule has 5 fully saturated rings. The standard InChI is InChI=1S/C41H60N4O10/c1-24(46)53-35-34(25-13-16-32(48)52-23-25)40(3)20-18-28-29(41(40)36(35)55-41)15-14-26-22-27(17-19-39(26,28)2)54-33(49)12-8-6-4-5-7-11-31(47)45-30(37(50)51)10-9-21-44-38(42)43/h13,16,23,26-30,34-36H,4-12,14-15,17-22H2,1-3H3,(H,45,47)(H,50,51)(H4,42,43,44)/t26-,27+,28+,29-,30+,34+,35-,36-,39+,40-,41-/m1/s1. The highest BCUT2D eigenvalue weighted by Gasteiger charge is 2.84. The number of unbranched alkanes of at least 4 members (excludes halogenated alkanes) is 4. The number of carboxylic acids is 1. The molecule has 1 aromatic rings. The molecule has 4 aliphatic carbocycles. The molecule has 1 aromatic heterocycles. The van der Waals surface area contributed by atoms with Gasteiger partial charge in [0.05, 0.1) is 6.26 Å². The molecule has 1 saturated heterocycles. The summed E-state index contributed by atoms with van der Waals surface area (Å²) in [6.07, 6.45) is 12.8. The highest BCUT2D eigenvalue weighted by atomic mass is 16.7. The van der Waals surface area contributed by atoms with Crippen molar-refractivity contribution in [1.82, 2.24) is 5.32 Å². The molecule has 1 spiro atoms. The number of fused-ring (bicyclic) bond motifs is 3. The molecule has 14 heteroatoms. The average Bonchev–Trinajstić information content (AvgIpc) is 3.83. The second-order valence-corrected chi connectivity index (χ2v) is 17.3. The summed E-state index contributed by atoms with van der Waals surface area (Å²) in [4.78, 5) is 64.7. The van der Waals surface area contributed by atoms with Gasteiger partial charge in [0, 0.05) is 43.7 Å². The number of nitrogens with zero attached hydrogens (tertiary/aromatic N) is 1. The summed E-state index contributed by atoms with van der Waals surface area (Å²) in [5, 5.41) is 12.0. The first-order valence-electron chi connectivity index (χ1n) is 20.4. The van der Waals surface area contributed by atoms with Gasteiger partial charge in [0.15, 0.2) is 5.96 Å².